The Morgan fingerprint density at radius 3 is 1.79 bits per heavy atom. The molecule has 1 amide bonds. The van der Waals surface area contributed by atoms with Crippen LogP contribution in [0.1, 0.15) is 19.3 Å². The van der Waals surface area contributed by atoms with Gasteiger partial charge in [-0.1, -0.05) is 0 Å². The standard InChI is InChI=1S/C14H24F6N2O6/c1-21(6-8(24)11(27)12(28)9(25)7-23)10(26)4-2-3-5-22(13(15,16)17)14(18,19)20/h8-9,11-12,23-25,27-28H,2-7H2,1H3. The molecule has 0 saturated carbocycles. The van der Waals surface area contributed by atoms with Gasteiger partial charge in [0.05, 0.1) is 6.61 Å². The van der Waals surface area contributed by atoms with E-state index in [1.807, 2.05) is 0 Å². The molecule has 0 aromatic rings. The van der Waals surface area contributed by atoms with E-state index in [1.165, 1.54) is 0 Å². The van der Waals surface area contributed by atoms with Crippen molar-refractivity contribution in [2.24, 2.45) is 0 Å². The maximum absolute atomic E-state index is 12.3. The van der Waals surface area contributed by atoms with Crippen molar-refractivity contribution in [2.75, 3.05) is 26.7 Å². The predicted octanol–water partition coefficient (Wildman–Crippen LogP) is -0.607. The van der Waals surface area contributed by atoms with Crippen LogP contribution in [0.25, 0.3) is 0 Å². The van der Waals surface area contributed by atoms with Crippen LogP contribution in [0.3, 0.4) is 0 Å². The van der Waals surface area contributed by atoms with E-state index in [9.17, 15) is 51.6 Å². The molecule has 0 rings (SSSR count). The number of nitrogens with zero attached hydrogens (tertiary/aromatic N) is 2. The molecule has 0 fully saturated rings. The highest BCUT2D eigenvalue weighted by molar-refractivity contribution is 5.75. The molecule has 0 radical (unpaired) electrons. The van der Waals surface area contributed by atoms with Crippen LogP contribution in [0.15, 0.2) is 0 Å². The maximum Gasteiger partial charge on any atom is 0.467 e. The number of aliphatic hydroxyl groups is 5. The predicted molar refractivity (Wildman–Crippen MR) is 81.4 cm³/mol. The Hall–Kier alpha value is -1.19. The quantitative estimate of drug-likeness (QED) is 0.168. The molecule has 0 aromatic carbocycles. The molecule has 0 spiro atoms. The van der Waals surface area contributed by atoms with Crippen LogP contribution in [0.5, 0.6) is 0 Å². The van der Waals surface area contributed by atoms with E-state index in [2.05, 4.69) is 0 Å². The van der Waals surface area contributed by atoms with E-state index in [0.29, 0.717) is 0 Å². The van der Waals surface area contributed by atoms with Gasteiger partial charge in [0.15, 0.2) is 0 Å². The van der Waals surface area contributed by atoms with Gasteiger partial charge >= 0.3 is 12.6 Å². The fourth-order valence-corrected chi connectivity index (χ4v) is 2.19. The smallest absolute Gasteiger partial charge is 0.394 e. The average molecular weight is 430 g/mol. The van der Waals surface area contributed by atoms with Gasteiger partial charge in [-0.3, -0.25) is 4.79 Å². The second kappa shape index (κ2) is 11.1. The number of halogens is 6. The van der Waals surface area contributed by atoms with E-state index < -0.39 is 80.4 Å². The van der Waals surface area contributed by atoms with Crippen LogP contribution in [-0.4, -0.2) is 105 Å². The van der Waals surface area contributed by atoms with Crippen molar-refractivity contribution >= 4 is 5.91 Å². The highest BCUT2D eigenvalue weighted by Crippen LogP contribution is 2.33. The Labute approximate surface area is 156 Å². The molecule has 168 valence electrons. The minimum Gasteiger partial charge on any atom is -0.394 e. The number of likely N-dealkylation sites (N-methyl/N-ethyl adjacent to an activating group) is 1. The molecule has 28 heavy (non-hydrogen) atoms. The lowest BCUT2D eigenvalue weighted by molar-refractivity contribution is -0.372. The van der Waals surface area contributed by atoms with Crippen molar-refractivity contribution in [1.29, 1.82) is 0 Å². The Bertz CT molecular complexity index is 464. The average Bonchev–Trinajstić information content (AvgIpc) is 2.56. The molecule has 0 aliphatic heterocycles. The zero-order chi connectivity index (χ0) is 22.3. The summed E-state index contributed by atoms with van der Waals surface area (Å²) in [5.41, 5.74) is 0. The van der Waals surface area contributed by atoms with Gasteiger partial charge in [-0.2, -0.15) is 26.3 Å². The highest BCUT2D eigenvalue weighted by atomic mass is 19.4. The number of unbranched alkanes of at least 4 members (excludes halogenated alkanes) is 1. The van der Waals surface area contributed by atoms with Crippen LogP contribution >= 0.6 is 0 Å². The van der Waals surface area contributed by atoms with Crippen molar-refractivity contribution in [1.82, 2.24) is 9.80 Å². The van der Waals surface area contributed by atoms with Gasteiger partial charge < -0.3 is 30.4 Å². The Morgan fingerprint density at radius 1 is 0.893 bits per heavy atom. The summed E-state index contributed by atoms with van der Waals surface area (Å²) in [4.78, 5) is 11.1. The molecule has 0 heterocycles. The van der Waals surface area contributed by atoms with Crippen LogP contribution in [0.2, 0.25) is 0 Å². The highest BCUT2D eigenvalue weighted by Gasteiger charge is 2.53. The largest absolute Gasteiger partial charge is 0.467 e. The van der Waals surface area contributed by atoms with Crippen LogP contribution in [0.4, 0.5) is 26.3 Å². The molecule has 0 bridgehead atoms. The molecule has 5 N–H and O–H groups in total. The fourth-order valence-electron chi connectivity index (χ4n) is 2.19. The summed E-state index contributed by atoms with van der Waals surface area (Å²) in [5.74, 6) is -0.728. The van der Waals surface area contributed by atoms with Gasteiger partial charge in [0.1, 0.15) is 24.4 Å². The lowest BCUT2D eigenvalue weighted by Crippen LogP contribution is -2.50. The third kappa shape index (κ3) is 8.87. The number of hydrogen-bond acceptors (Lipinski definition) is 7. The van der Waals surface area contributed by atoms with Gasteiger partial charge in [-0.15, -0.1) is 4.90 Å². The first-order valence-electron chi connectivity index (χ1n) is 8.11. The molecule has 0 aromatic heterocycles. The monoisotopic (exact) mass is 430 g/mol. The molecular formula is C14H24F6N2O6. The molecule has 0 aliphatic rings. The van der Waals surface area contributed by atoms with Crippen molar-refractivity contribution in [3.63, 3.8) is 0 Å². The summed E-state index contributed by atoms with van der Waals surface area (Å²) in [7, 11) is 1.16. The number of rotatable bonds is 11. The first-order valence-corrected chi connectivity index (χ1v) is 8.11. The lowest BCUT2D eigenvalue weighted by atomic mass is 10.0. The van der Waals surface area contributed by atoms with Crippen LogP contribution in [0, 0.1) is 0 Å². The summed E-state index contributed by atoms with van der Waals surface area (Å²) in [6.45, 7) is -2.81. The zero-order valence-corrected chi connectivity index (χ0v) is 14.9. The summed E-state index contributed by atoms with van der Waals surface area (Å²) >= 11 is 0. The van der Waals surface area contributed by atoms with Gasteiger partial charge in [-0.25, -0.2) is 0 Å². The second-order valence-corrected chi connectivity index (χ2v) is 6.12. The molecule has 4 atom stereocenters. The Kier molecular flexibility index (Phi) is 10.6. The number of carbonyl (C=O) groups is 1. The number of aliphatic hydroxyl groups excluding tert-OH is 5. The van der Waals surface area contributed by atoms with E-state index in [0.717, 1.165) is 11.9 Å². The summed E-state index contributed by atoms with van der Waals surface area (Å²) in [6.07, 6.45) is -19.8. The molecule has 14 heteroatoms. The van der Waals surface area contributed by atoms with Crippen molar-refractivity contribution in [3.8, 4) is 0 Å². The van der Waals surface area contributed by atoms with Gasteiger partial charge in [0.25, 0.3) is 0 Å². The summed E-state index contributed by atoms with van der Waals surface area (Å²) < 4.78 is 73.9. The minimum atomic E-state index is -5.60. The topological polar surface area (TPSA) is 125 Å². The number of alkyl halides is 6. The Morgan fingerprint density at radius 2 is 1.36 bits per heavy atom. The first-order chi connectivity index (χ1) is 12.6. The summed E-state index contributed by atoms with van der Waals surface area (Å²) in [5, 5.41) is 46.6. The van der Waals surface area contributed by atoms with Gasteiger partial charge in [-0.05, 0) is 12.8 Å². The van der Waals surface area contributed by atoms with E-state index in [-0.39, 0.29) is 6.42 Å². The number of amides is 1. The Balaban J connectivity index is 4.46. The maximum atomic E-state index is 12.3. The number of carbonyl (C=O) groups excluding carboxylic acids is 1. The van der Waals surface area contributed by atoms with Gasteiger partial charge in [0, 0.05) is 26.6 Å². The SMILES string of the molecule is CN(CC(O)C(O)C(O)C(O)CO)C(=O)CCCCN(C(F)(F)F)C(F)(F)F. The van der Waals surface area contributed by atoms with E-state index in [4.69, 9.17) is 5.11 Å². The normalized spacial score (nSPS) is 17.3. The van der Waals surface area contributed by atoms with E-state index >= 15 is 0 Å². The zero-order valence-electron chi connectivity index (χ0n) is 14.9. The first kappa shape index (κ1) is 26.8. The minimum absolute atomic E-state index is 0.295. The second-order valence-electron chi connectivity index (χ2n) is 6.12. The number of hydrogen-bond donors (Lipinski definition) is 5. The van der Waals surface area contributed by atoms with Crippen LogP contribution < -0.4 is 0 Å². The molecule has 8 nitrogen and oxygen atoms in total. The molecular weight excluding hydrogens is 406 g/mol. The summed E-state index contributed by atoms with van der Waals surface area (Å²) in [6, 6.07) is 0. The van der Waals surface area contributed by atoms with E-state index in [1.54, 1.807) is 0 Å². The third-order valence-electron chi connectivity index (χ3n) is 3.85. The van der Waals surface area contributed by atoms with Crippen molar-refractivity contribution in [2.45, 2.75) is 56.3 Å². The van der Waals surface area contributed by atoms with Crippen molar-refractivity contribution in [3.05, 3.63) is 0 Å². The van der Waals surface area contributed by atoms with Crippen molar-refractivity contribution < 1.29 is 56.7 Å². The van der Waals surface area contributed by atoms with Gasteiger partial charge in [0.2, 0.25) is 5.91 Å². The lowest BCUT2D eigenvalue weighted by Gasteiger charge is -2.29. The van der Waals surface area contributed by atoms with Crippen LogP contribution in [-0.2, 0) is 4.79 Å². The fraction of sp³-hybridized carbons (Fsp3) is 0.929. The third-order valence-corrected chi connectivity index (χ3v) is 3.85. The molecule has 4 unspecified atom stereocenters. The molecule has 0 saturated heterocycles. The molecule has 0 aliphatic carbocycles.